The van der Waals surface area contributed by atoms with Crippen LogP contribution in [0, 0.1) is 13.8 Å². The number of aryl methyl sites for hydroxylation is 1. The van der Waals surface area contributed by atoms with Crippen LogP contribution in [0.1, 0.15) is 32.6 Å². The molecule has 0 aliphatic carbocycles. The molecule has 1 aliphatic rings. The van der Waals surface area contributed by atoms with Gasteiger partial charge in [0.05, 0.1) is 5.56 Å². The van der Waals surface area contributed by atoms with E-state index in [1.807, 2.05) is 49.4 Å². The molecule has 0 spiro atoms. The zero-order valence-electron chi connectivity index (χ0n) is 15.7. The number of halogens is 1. The molecule has 1 heterocycles. The lowest BCUT2D eigenvalue weighted by atomic mass is 10.1. The minimum Gasteiger partial charge on any atom is -0.488 e. The summed E-state index contributed by atoms with van der Waals surface area (Å²) in [5, 5.41) is 0. The third kappa shape index (κ3) is 3.48. The first kappa shape index (κ1) is 18.5. The summed E-state index contributed by atoms with van der Waals surface area (Å²) in [4.78, 5) is 12.8. The molecule has 0 amide bonds. The normalized spacial score (nSPS) is 14.1. The molecule has 0 saturated heterocycles. The highest BCUT2D eigenvalue weighted by Crippen LogP contribution is 2.39. The molecule has 140 valence electrons. The summed E-state index contributed by atoms with van der Waals surface area (Å²) in [5.74, 6) is 1.50. The molecule has 0 bridgehead atoms. The van der Waals surface area contributed by atoms with Gasteiger partial charge in [-0.1, -0.05) is 58.4 Å². The fourth-order valence-electron chi connectivity index (χ4n) is 3.19. The average molecular weight is 435 g/mol. The van der Waals surface area contributed by atoms with E-state index in [1.54, 1.807) is 12.1 Å². The van der Waals surface area contributed by atoms with Crippen LogP contribution >= 0.6 is 15.9 Å². The lowest BCUT2D eigenvalue weighted by Gasteiger charge is -2.12. The molecule has 0 unspecified atom stereocenters. The molecule has 4 heteroatoms. The van der Waals surface area contributed by atoms with Crippen molar-refractivity contribution < 1.29 is 14.3 Å². The summed E-state index contributed by atoms with van der Waals surface area (Å²) in [7, 11) is 0. The van der Waals surface area contributed by atoms with E-state index in [0.717, 1.165) is 26.9 Å². The van der Waals surface area contributed by atoms with E-state index >= 15 is 0 Å². The second kappa shape index (κ2) is 7.64. The Bertz CT molecular complexity index is 1100. The van der Waals surface area contributed by atoms with E-state index in [-0.39, 0.29) is 5.78 Å². The molecule has 0 atom stereocenters. The molecule has 0 saturated carbocycles. The number of hydrogen-bond acceptors (Lipinski definition) is 3. The molecule has 3 aromatic rings. The Hall–Kier alpha value is -2.85. The molecule has 0 fully saturated rings. The van der Waals surface area contributed by atoms with Gasteiger partial charge in [0, 0.05) is 10.0 Å². The van der Waals surface area contributed by atoms with Crippen LogP contribution < -0.4 is 9.47 Å². The quantitative estimate of drug-likeness (QED) is 0.454. The number of rotatable bonds is 4. The second-order valence-electron chi connectivity index (χ2n) is 6.74. The van der Waals surface area contributed by atoms with Crippen molar-refractivity contribution in [2.24, 2.45) is 0 Å². The first-order valence-corrected chi connectivity index (χ1v) is 9.83. The highest BCUT2D eigenvalue weighted by Gasteiger charge is 2.30. The number of allylic oxidation sites excluding steroid dienone is 1. The number of benzene rings is 3. The third-order valence-corrected chi connectivity index (χ3v) is 5.60. The molecular formula is C24H19BrO3. The SMILES string of the molecule is Cc1ccccc1COc1ccc2c(c1C)O/C(=C\c1ccccc1Br)C2=O. The fraction of sp³-hybridized carbons (Fsp3) is 0.125. The van der Waals surface area contributed by atoms with Crippen LogP contribution in [0.15, 0.2) is 70.9 Å². The van der Waals surface area contributed by atoms with Crippen LogP contribution in [-0.2, 0) is 6.61 Å². The van der Waals surface area contributed by atoms with Crippen molar-refractivity contribution in [2.75, 3.05) is 0 Å². The highest BCUT2D eigenvalue weighted by atomic mass is 79.9. The summed E-state index contributed by atoms with van der Waals surface area (Å²) >= 11 is 3.50. The zero-order valence-corrected chi connectivity index (χ0v) is 17.2. The van der Waals surface area contributed by atoms with Gasteiger partial charge in [-0.2, -0.15) is 0 Å². The van der Waals surface area contributed by atoms with Crippen LogP contribution in [0.2, 0.25) is 0 Å². The lowest BCUT2D eigenvalue weighted by Crippen LogP contribution is -2.00. The van der Waals surface area contributed by atoms with Gasteiger partial charge in [-0.3, -0.25) is 4.79 Å². The molecule has 0 aromatic heterocycles. The summed E-state index contributed by atoms with van der Waals surface area (Å²) in [6.07, 6.45) is 1.76. The Morgan fingerprint density at radius 1 is 1.00 bits per heavy atom. The van der Waals surface area contributed by atoms with Crippen LogP contribution in [0.25, 0.3) is 6.08 Å². The van der Waals surface area contributed by atoms with E-state index in [9.17, 15) is 4.79 Å². The van der Waals surface area contributed by atoms with E-state index in [4.69, 9.17) is 9.47 Å². The smallest absolute Gasteiger partial charge is 0.231 e. The fourth-order valence-corrected chi connectivity index (χ4v) is 3.58. The number of ether oxygens (including phenoxy) is 2. The maximum absolute atomic E-state index is 12.8. The van der Waals surface area contributed by atoms with Gasteiger partial charge < -0.3 is 9.47 Å². The standard InChI is InChI=1S/C24H19BrO3/c1-15-7-3-4-9-18(15)14-27-21-12-11-19-23(26)22(28-24(19)16(21)2)13-17-8-5-6-10-20(17)25/h3-13H,14H2,1-2H3/b22-13-. The molecule has 4 rings (SSSR count). The number of hydrogen-bond donors (Lipinski definition) is 0. The van der Waals surface area contributed by atoms with Gasteiger partial charge in [0.25, 0.3) is 0 Å². The minimum absolute atomic E-state index is 0.112. The minimum atomic E-state index is -0.112. The summed E-state index contributed by atoms with van der Waals surface area (Å²) in [5.41, 5.74) is 4.61. The van der Waals surface area contributed by atoms with Gasteiger partial charge in [-0.25, -0.2) is 0 Å². The van der Waals surface area contributed by atoms with E-state index in [1.165, 1.54) is 5.56 Å². The van der Waals surface area contributed by atoms with E-state index in [0.29, 0.717) is 23.7 Å². The monoisotopic (exact) mass is 434 g/mol. The number of fused-ring (bicyclic) bond motifs is 1. The van der Waals surface area contributed by atoms with Crippen molar-refractivity contribution in [1.82, 2.24) is 0 Å². The lowest BCUT2D eigenvalue weighted by molar-refractivity contribution is 0.101. The topological polar surface area (TPSA) is 35.5 Å². The molecule has 0 radical (unpaired) electrons. The first-order chi connectivity index (χ1) is 13.5. The van der Waals surface area contributed by atoms with Gasteiger partial charge in [0.1, 0.15) is 18.1 Å². The Kier molecular flexibility index (Phi) is 5.05. The predicted molar refractivity (Wildman–Crippen MR) is 114 cm³/mol. The van der Waals surface area contributed by atoms with Crippen molar-refractivity contribution in [1.29, 1.82) is 0 Å². The summed E-state index contributed by atoms with van der Waals surface area (Å²) in [6, 6.07) is 19.5. The summed E-state index contributed by atoms with van der Waals surface area (Å²) in [6.45, 7) is 4.45. The average Bonchev–Trinajstić information content (AvgIpc) is 3.01. The number of carbonyl (C=O) groups excluding carboxylic acids is 1. The van der Waals surface area contributed by atoms with E-state index < -0.39 is 0 Å². The van der Waals surface area contributed by atoms with Crippen molar-refractivity contribution in [3.05, 3.63) is 98.7 Å². The largest absolute Gasteiger partial charge is 0.488 e. The Labute approximate surface area is 172 Å². The number of carbonyl (C=O) groups is 1. The van der Waals surface area contributed by atoms with Gasteiger partial charge in [0.15, 0.2) is 5.76 Å². The Morgan fingerprint density at radius 3 is 2.54 bits per heavy atom. The molecular weight excluding hydrogens is 416 g/mol. The maximum atomic E-state index is 12.8. The predicted octanol–water partition coefficient (Wildman–Crippen LogP) is 6.26. The third-order valence-electron chi connectivity index (χ3n) is 4.87. The number of Topliss-reactive ketones (excluding diaryl/α,β-unsaturated/α-hetero) is 1. The summed E-state index contributed by atoms with van der Waals surface area (Å²) < 4.78 is 12.9. The second-order valence-corrected chi connectivity index (χ2v) is 7.60. The van der Waals surface area contributed by atoms with Gasteiger partial charge in [0.2, 0.25) is 5.78 Å². The van der Waals surface area contributed by atoms with E-state index in [2.05, 4.69) is 35.0 Å². The van der Waals surface area contributed by atoms with Gasteiger partial charge in [-0.15, -0.1) is 0 Å². The molecule has 3 aromatic carbocycles. The molecule has 3 nitrogen and oxygen atoms in total. The van der Waals surface area contributed by atoms with Crippen molar-refractivity contribution in [2.45, 2.75) is 20.5 Å². The number of ketones is 1. The van der Waals surface area contributed by atoms with Crippen LogP contribution in [0.3, 0.4) is 0 Å². The van der Waals surface area contributed by atoms with Crippen molar-refractivity contribution in [3.63, 3.8) is 0 Å². The van der Waals surface area contributed by atoms with Crippen molar-refractivity contribution in [3.8, 4) is 11.5 Å². The maximum Gasteiger partial charge on any atom is 0.231 e. The molecule has 28 heavy (non-hydrogen) atoms. The highest BCUT2D eigenvalue weighted by molar-refractivity contribution is 9.10. The Balaban J connectivity index is 1.60. The van der Waals surface area contributed by atoms with Crippen LogP contribution in [-0.4, -0.2) is 5.78 Å². The Morgan fingerprint density at radius 2 is 1.75 bits per heavy atom. The van der Waals surface area contributed by atoms with Gasteiger partial charge in [-0.05, 0) is 54.8 Å². The van der Waals surface area contributed by atoms with Crippen molar-refractivity contribution >= 4 is 27.8 Å². The van der Waals surface area contributed by atoms with Crippen LogP contribution in [0.4, 0.5) is 0 Å². The first-order valence-electron chi connectivity index (χ1n) is 9.04. The van der Waals surface area contributed by atoms with Gasteiger partial charge >= 0.3 is 0 Å². The molecule has 1 aliphatic heterocycles. The van der Waals surface area contributed by atoms with Crippen LogP contribution in [0.5, 0.6) is 11.5 Å². The zero-order chi connectivity index (χ0) is 19.7. The molecule has 0 N–H and O–H groups in total.